The van der Waals surface area contributed by atoms with Crippen molar-refractivity contribution in [1.82, 2.24) is 4.90 Å². The van der Waals surface area contributed by atoms with Gasteiger partial charge in [-0.15, -0.1) is 0 Å². The minimum atomic E-state index is -0.842. The van der Waals surface area contributed by atoms with Gasteiger partial charge < -0.3 is 0 Å². The van der Waals surface area contributed by atoms with E-state index in [0.29, 0.717) is 6.54 Å². The predicted molar refractivity (Wildman–Crippen MR) is 65.2 cm³/mol. The molecule has 1 aromatic carbocycles. The lowest BCUT2D eigenvalue weighted by Gasteiger charge is -2.18. The van der Waals surface area contributed by atoms with Crippen LogP contribution in [0.2, 0.25) is 0 Å². The second-order valence-electron chi connectivity index (χ2n) is 5.03. The van der Waals surface area contributed by atoms with Gasteiger partial charge in [-0.05, 0) is 31.4 Å². The SMILES string of the molecule is Cc1ccc(C(F)CN2CCC(C)C2)cc1. The quantitative estimate of drug-likeness (QED) is 0.756. The van der Waals surface area contributed by atoms with Gasteiger partial charge in [-0.3, -0.25) is 4.90 Å². The van der Waals surface area contributed by atoms with Crippen LogP contribution in [-0.2, 0) is 0 Å². The molecule has 2 unspecified atom stereocenters. The van der Waals surface area contributed by atoms with Crippen LogP contribution in [0.5, 0.6) is 0 Å². The molecule has 0 aliphatic carbocycles. The van der Waals surface area contributed by atoms with Crippen LogP contribution in [0.4, 0.5) is 4.39 Å². The predicted octanol–water partition coefficient (Wildman–Crippen LogP) is 3.35. The topological polar surface area (TPSA) is 3.24 Å². The molecule has 1 aliphatic heterocycles. The fourth-order valence-corrected chi connectivity index (χ4v) is 2.30. The molecule has 88 valence electrons. The number of alkyl halides is 1. The van der Waals surface area contributed by atoms with Crippen LogP contribution < -0.4 is 0 Å². The molecule has 0 spiro atoms. The lowest BCUT2D eigenvalue weighted by Crippen LogP contribution is -2.24. The van der Waals surface area contributed by atoms with E-state index in [1.807, 2.05) is 31.2 Å². The van der Waals surface area contributed by atoms with Crippen molar-refractivity contribution in [1.29, 1.82) is 0 Å². The van der Waals surface area contributed by atoms with Gasteiger partial charge >= 0.3 is 0 Å². The van der Waals surface area contributed by atoms with E-state index in [1.54, 1.807) is 0 Å². The number of benzene rings is 1. The maximum Gasteiger partial charge on any atom is 0.138 e. The highest BCUT2D eigenvalue weighted by Gasteiger charge is 2.22. The van der Waals surface area contributed by atoms with Crippen molar-refractivity contribution in [3.8, 4) is 0 Å². The van der Waals surface area contributed by atoms with Gasteiger partial charge in [-0.25, -0.2) is 4.39 Å². The molecule has 0 saturated carbocycles. The fourth-order valence-electron chi connectivity index (χ4n) is 2.30. The highest BCUT2D eigenvalue weighted by Crippen LogP contribution is 2.23. The largest absolute Gasteiger partial charge is 0.300 e. The summed E-state index contributed by atoms with van der Waals surface area (Å²) in [6, 6.07) is 7.77. The van der Waals surface area contributed by atoms with Crippen molar-refractivity contribution < 1.29 is 4.39 Å². The molecule has 0 N–H and O–H groups in total. The van der Waals surface area contributed by atoms with Gasteiger partial charge in [0.25, 0.3) is 0 Å². The third-order valence-electron chi connectivity index (χ3n) is 3.37. The van der Waals surface area contributed by atoms with E-state index in [1.165, 1.54) is 12.0 Å². The molecule has 0 aromatic heterocycles. The minimum Gasteiger partial charge on any atom is -0.300 e. The number of nitrogens with zero attached hydrogens (tertiary/aromatic N) is 1. The molecule has 0 radical (unpaired) electrons. The molecular formula is C14H20FN. The van der Waals surface area contributed by atoms with E-state index in [0.717, 1.165) is 24.6 Å². The van der Waals surface area contributed by atoms with E-state index < -0.39 is 6.17 Å². The smallest absolute Gasteiger partial charge is 0.138 e. The summed E-state index contributed by atoms with van der Waals surface area (Å²) in [4.78, 5) is 2.23. The van der Waals surface area contributed by atoms with Gasteiger partial charge in [-0.2, -0.15) is 0 Å². The Morgan fingerprint density at radius 2 is 2.06 bits per heavy atom. The molecule has 0 bridgehead atoms. The Morgan fingerprint density at radius 1 is 1.38 bits per heavy atom. The van der Waals surface area contributed by atoms with Crippen LogP contribution in [0.15, 0.2) is 24.3 Å². The third-order valence-corrected chi connectivity index (χ3v) is 3.37. The standard InChI is InChI=1S/C14H20FN/c1-11-3-5-13(6-4-11)14(15)10-16-8-7-12(2)9-16/h3-6,12,14H,7-10H2,1-2H3. The average Bonchev–Trinajstić information content (AvgIpc) is 2.65. The van der Waals surface area contributed by atoms with Crippen molar-refractivity contribution in [2.24, 2.45) is 5.92 Å². The molecule has 0 amide bonds. The van der Waals surface area contributed by atoms with Crippen molar-refractivity contribution in [2.45, 2.75) is 26.4 Å². The zero-order valence-electron chi connectivity index (χ0n) is 10.1. The second-order valence-corrected chi connectivity index (χ2v) is 5.03. The normalized spacial score (nSPS) is 23.6. The first kappa shape index (κ1) is 11.6. The number of hydrogen-bond donors (Lipinski definition) is 0. The summed E-state index contributed by atoms with van der Waals surface area (Å²) in [5.74, 6) is 0.727. The Labute approximate surface area is 97.3 Å². The molecule has 1 aliphatic rings. The maximum atomic E-state index is 14.0. The van der Waals surface area contributed by atoms with Crippen LogP contribution in [0.3, 0.4) is 0 Å². The second kappa shape index (κ2) is 4.96. The summed E-state index contributed by atoms with van der Waals surface area (Å²) >= 11 is 0. The number of hydrogen-bond acceptors (Lipinski definition) is 1. The van der Waals surface area contributed by atoms with Crippen LogP contribution in [0.25, 0.3) is 0 Å². The Bertz CT molecular complexity index is 333. The monoisotopic (exact) mass is 221 g/mol. The molecule has 1 fully saturated rings. The molecule has 1 aromatic rings. The summed E-state index contributed by atoms with van der Waals surface area (Å²) in [6.07, 6.45) is 0.367. The Hall–Kier alpha value is -0.890. The zero-order valence-corrected chi connectivity index (χ0v) is 10.1. The fraction of sp³-hybridized carbons (Fsp3) is 0.571. The van der Waals surface area contributed by atoms with E-state index in [2.05, 4.69) is 11.8 Å². The van der Waals surface area contributed by atoms with E-state index in [-0.39, 0.29) is 0 Å². The number of aryl methyl sites for hydroxylation is 1. The van der Waals surface area contributed by atoms with Crippen LogP contribution in [0, 0.1) is 12.8 Å². The molecule has 2 rings (SSSR count). The molecule has 1 heterocycles. The first-order valence-electron chi connectivity index (χ1n) is 6.08. The van der Waals surface area contributed by atoms with Gasteiger partial charge in [0, 0.05) is 13.1 Å². The molecule has 2 heteroatoms. The van der Waals surface area contributed by atoms with Crippen molar-refractivity contribution in [2.75, 3.05) is 19.6 Å². The third kappa shape index (κ3) is 2.82. The van der Waals surface area contributed by atoms with Gasteiger partial charge in [0.1, 0.15) is 6.17 Å². The van der Waals surface area contributed by atoms with E-state index in [4.69, 9.17) is 0 Å². The van der Waals surface area contributed by atoms with Crippen molar-refractivity contribution in [3.05, 3.63) is 35.4 Å². The lowest BCUT2D eigenvalue weighted by atomic mass is 10.1. The van der Waals surface area contributed by atoms with Gasteiger partial charge in [0.2, 0.25) is 0 Å². The molecular weight excluding hydrogens is 201 g/mol. The van der Waals surface area contributed by atoms with Crippen LogP contribution in [-0.4, -0.2) is 24.5 Å². The maximum absolute atomic E-state index is 14.0. The highest BCUT2D eigenvalue weighted by atomic mass is 19.1. The first-order chi connectivity index (χ1) is 7.65. The number of likely N-dealkylation sites (tertiary alicyclic amines) is 1. The van der Waals surface area contributed by atoms with Crippen molar-refractivity contribution >= 4 is 0 Å². The summed E-state index contributed by atoms with van der Waals surface area (Å²) < 4.78 is 14.0. The first-order valence-corrected chi connectivity index (χ1v) is 6.08. The van der Waals surface area contributed by atoms with Crippen LogP contribution >= 0.6 is 0 Å². The summed E-state index contributed by atoms with van der Waals surface area (Å²) in [5.41, 5.74) is 2.00. The van der Waals surface area contributed by atoms with Gasteiger partial charge in [0.05, 0.1) is 0 Å². The van der Waals surface area contributed by atoms with Crippen molar-refractivity contribution in [3.63, 3.8) is 0 Å². The minimum absolute atomic E-state index is 0.549. The number of halogens is 1. The van der Waals surface area contributed by atoms with E-state index >= 15 is 0 Å². The zero-order chi connectivity index (χ0) is 11.5. The molecule has 16 heavy (non-hydrogen) atoms. The Kier molecular flexibility index (Phi) is 3.59. The molecule has 1 saturated heterocycles. The average molecular weight is 221 g/mol. The Morgan fingerprint density at radius 3 is 2.62 bits per heavy atom. The lowest BCUT2D eigenvalue weighted by molar-refractivity contribution is 0.219. The van der Waals surface area contributed by atoms with Crippen LogP contribution in [0.1, 0.15) is 30.6 Å². The molecule has 2 atom stereocenters. The number of rotatable bonds is 3. The van der Waals surface area contributed by atoms with E-state index in [9.17, 15) is 4.39 Å². The highest BCUT2D eigenvalue weighted by molar-refractivity contribution is 5.23. The Balaban J connectivity index is 1.92. The summed E-state index contributed by atoms with van der Waals surface area (Å²) in [7, 11) is 0. The molecule has 1 nitrogen and oxygen atoms in total. The van der Waals surface area contributed by atoms with Gasteiger partial charge in [0.15, 0.2) is 0 Å². The summed E-state index contributed by atoms with van der Waals surface area (Å²) in [5, 5.41) is 0. The summed E-state index contributed by atoms with van der Waals surface area (Å²) in [6.45, 7) is 6.91. The van der Waals surface area contributed by atoms with Gasteiger partial charge in [-0.1, -0.05) is 36.8 Å².